The summed E-state index contributed by atoms with van der Waals surface area (Å²) in [4.78, 5) is 11.8. The molecule has 2 aromatic carbocycles. The van der Waals surface area contributed by atoms with Crippen LogP contribution >= 0.6 is 0 Å². The smallest absolute Gasteiger partial charge is 0.238 e. The van der Waals surface area contributed by atoms with Gasteiger partial charge in [0.25, 0.3) is 0 Å². The molecule has 0 aliphatic carbocycles. The lowest BCUT2D eigenvalue weighted by Crippen LogP contribution is -2.27. The van der Waals surface area contributed by atoms with E-state index in [1.165, 1.54) is 17.7 Å². The molecule has 0 aliphatic heterocycles. The molecule has 0 aromatic heterocycles. The summed E-state index contributed by atoms with van der Waals surface area (Å²) in [6.07, 6.45) is 0.980. The van der Waals surface area contributed by atoms with Gasteiger partial charge in [0.05, 0.1) is 6.54 Å². The van der Waals surface area contributed by atoms with Gasteiger partial charge in [-0.3, -0.25) is 4.79 Å². The fraction of sp³-hybridized carbons (Fsp3) is 0.235. The quantitative estimate of drug-likeness (QED) is 0.856. The van der Waals surface area contributed by atoms with Crippen molar-refractivity contribution < 1.29 is 9.18 Å². The number of hydrogen-bond acceptors (Lipinski definition) is 2. The molecule has 0 atom stereocenters. The summed E-state index contributed by atoms with van der Waals surface area (Å²) in [5, 5.41) is 5.86. The van der Waals surface area contributed by atoms with Crippen molar-refractivity contribution in [2.24, 2.45) is 0 Å². The van der Waals surface area contributed by atoms with Crippen LogP contribution in [0.4, 0.5) is 10.1 Å². The topological polar surface area (TPSA) is 41.1 Å². The molecule has 0 heterocycles. The molecule has 3 nitrogen and oxygen atoms in total. The van der Waals surface area contributed by atoms with Gasteiger partial charge in [0.2, 0.25) is 5.91 Å². The number of hydrogen-bond donors (Lipinski definition) is 2. The largest absolute Gasteiger partial charge is 0.325 e. The second-order valence-electron chi connectivity index (χ2n) is 4.83. The normalized spacial score (nSPS) is 10.4. The third-order valence-electron chi connectivity index (χ3n) is 3.17. The summed E-state index contributed by atoms with van der Waals surface area (Å²) in [6.45, 7) is 2.84. The van der Waals surface area contributed by atoms with Crippen LogP contribution in [0.1, 0.15) is 18.1 Å². The average molecular weight is 286 g/mol. The average Bonchev–Trinajstić information content (AvgIpc) is 2.50. The minimum absolute atomic E-state index is 0.0960. The first-order valence-electron chi connectivity index (χ1n) is 7.01. The first kappa shape index (κ1) is 15.2. The van der Waals surface area contributed by atoms with Crippen LogP contribution in [0.3, 0.4) is 0 Å². The van der Waals surface area contributed by atoms with E-state index < -0.39 is 0 Å². The second-order valence-corrected chi connectivity index (χ2v) is 4.83. The van der Waals surface area contributed by atoms with E-state index in [0.29, 0.717) is 6.54 Å². The van der Waals surface area contributed by atoms with E-state index >= 15 is 0 Å². The summed E-state index contributed by atoms with van der Waals surface area (Å²) < 4.78 is 12.7. The minimum Gasteiger partial charge on any atom is -0.325 e. The first-order valence-corrected chi connectivity index (χ1v) is 7.01. The monoisotopic (exact) mass is 286 g/mol. The van der Waals surface area contributed by atoms with Crippen LogP contribution < -0.4 is 10.6 Å². The maximum Gasteiger partial charge on any atom is 0.238 e. The predicted molar refractivity (Wildman–Crippen MR) is 82.6 cm³/mol. The van der Waals surface area contributed by atoms with Crippen LogP contribution in [-0.2, 0) is 17.8 Å². The first-order chi connectivity index (χ1) is 10.2. The number of aryl methyl sites for hydroxylation is 1. The van der Waals surface area contributed by atoms with Gasteiger partial charge in [0, 0.05) is 12.2 Å². The van der Waals surface area contributed by atoms with Gasteiger partial charge in [0.1, 0.15) is 5.82 Å². The Morgan fingerprint density at radius 1 is 1.00 bits per heavy atom. The van der Waals surface area contributed by atoms with Gasteiger partial charge < -0.3 is 10.6 Å². The molecule has 1 amide bonds. The SMILES string of the molecule is CCc1ccc(NC(=O)CNCc2ccc(F)cc2)cc1. The molecule has 0 radical (unpaired) electrons. The molecular formula is C17H19FN2O. The van der Waals surface area contributed by atoms with Gasteiger partial charge in [-0.05, 0) is 41.8 Å². The number of amides is 1. The third-order valence-corrected chi connectivity index (χ3v) is 3.17. The van der Waals surface area contributed by atoms with Crippen molar-refractivity contribution >= 4 is 11.6 Å². The molecule has 110 valence electrons. The van der Waals surface area contributed by atoms with Crippen molar-refractivity contribution in [3.05, 3.63) is 65.5 Å². The molecule has 0 unspecified atom stereocenters. The predicted octanol–water partition coefficient (Wildman–Crippen LogP) is 3.12. The van der Waals surface area contributed by atoms with Crippen molar-refractivity contribution in [3.63, 3.8) is 0 Å². The van der Waals surface area contributed by atoms with E-state index in [1.54, 1.807) is 12.1 Å². The molecule has 0 bridgehead atoms. The lowest BCUT2D eigenvalue weighted by Gasteiger charge is -2.07. The molecule has 2 N–H and O–H groups in total. The number of anilines is 1. The highest BCUT2D eigenvalue weighted by molar-refractivity contribution is 5.92. The minimum atomic E-state index is -0.257. The molecular weight excluding hydrogens is 267 g/mol. The standard InChI is InChI=1S/C17H19FN2O/c1-2-13-5-9-16(10-6-13)20-17(21)12-19-11-14-3-7-15(18)8-4-14/h3-10,19H,2,11-12H2,1H3,(H,20,21). The zero-order chi connectivity index (χ0) is 15.1. The Morgan fingerprint density at radius 3 is 2.24 bits per heavy atom. The van der Waals surface area contributed by atoms with Gasteiger partial charge in [0.15, 0.2) is 0 Å². The third kappa shape index (κ3) is 5.00. The lowest BCUT2D eigenvalue weighted by atomic mass is 10.1. The molecule has 21 heavy (non-hydrogen) atoms. The van der Waals surface area contributed by atoms with Crippen LogP contribution in [0.2, 0.25) is 0 Å². The summed E-state index contributed by atoms with van der Waals surface area (Å²) >= 11 is 0. The van der Waals surface area contributed by atoms with Gasteiger partial charge in [-0.25, -0.2) is 4.39 Å². The van der Waals surface area contributed by atoms with Gasteiger partial charge in [-0.15, -0.1) is 0 Å². The van der Waals surface area contributed by atoms with Crippen LogP contribution in [0, 0.1) is 5.82 Å². The molecule has 0 fully saturated rings. The number of rotatable bonds is 6. The zero-order valence-corrected chi connectivity index (χ0v) is 12.0. The maximum absolute atomic E-state index is 12.7. The zero-order valence-electron chi connectivity index (χ0n) is 12.0. The van der Waals surface area contributed by atoms with Crippen molar-refractivity contribution in [1.29, 1.82) is 0 Å². The number of nitrogens with one attached hydrogen (secondary N) is 2. The van der Waals surface area contributed by atoms with E-state index in [1.807, 2.05) is 24.3 Å². The highest BCUT2D eigenvalue weighted by Gasteiger charge is 2.02. The Labute approximate surface area is 124 Å². The number of benzene rings is 2. The Morgan fingerprint density at radius 2 is 1.62 bits per heavy atom. The Kier molecular flexibility index (Phi) is 5.46. The molecule has 2 rings (SSSR count). The van der Waals surface area contributed by atoms with Crippen molar-refractivity contribution in [2.75, 3.05) is 11.9 Å². The van der Waals surface area contributed by atoms with Gasteiger partial charge in [-0.2, -0.15) is 0 Å². The molecule has 0 spiro atoms. The van der Waals surface area contributed by atoms with Crippen molar-refractivity contribution in [2.45, 2.75) is 19.9 Å². The Hall–Kier alpha value is -2.20. The molecule has 0 saturated heterocycles. The molecule has 0 aliphatic rings. The van der Waals surface area contributed by atoms with Crippen LogP contribution in [0.25, 0.3) is 0 Å². The summed E-state index contributed by atoms with van der Waals surface area (Å²) in [5.74, 6) is -0.353. The maximum atomic E-state index is 12.7. The Balaban J connectivity index is 1.75. The van der Waals surface area contributed by atoms with E-state index in [-0.39, 0.29) is 18.3 Å². The molecule has 0 saturated carbocycles. The highest BCUT2D eigenvalue weighted by atomic mass is 19.1. The van der Waals surface area contributed by atoms with Crippen molar-refractivity contribution in [3.8, 4) is 0 Å². The van der Waals surface area contributed by atoms with E-state index in [0.717, 1.165) is 17.7 Å². The fourth-order valence-electron chi connectivity index (χ4n) is 1.95. The summed E-state index contributed by atoms with van der Waals surface area (Å²) in [5.41, 5.74) is 2.97. The van der Waals surface area contributed by atoms with Crippen LogP contribution in [-0.4, -0.2) is 12.5 Å². The van der Waals surface area contributed by atoms with Gasteiger partial charge in [-0.1, -0.05) is 31.2 Å². The van der Waals surface area contributed by atoms with E-state index in [2.05, 4.69) is 17.6 Å². The van der Waals surface area contributed by atoms with E-state index in [9.17, 15) is 9.18 Å². The summed E-state index contributed by atoms with van der Waals surface area (Å²) in [7, 11) is 0. The second kappa shape index (κ2) is 7.55. The van der Waals surface area contributed by atoms with Crippen LogP contribution in [0.15, 0.2) is 48.5 Å². The lowest BCUT2D eigenvalue weighted by molar-refractivity contribution is -0.115. The number of carbonyl (C=O) groups is 1. The van der Waals surface area contributed by atoms with Crippen molar-refractivity contribution in [1.82, 2.24) is 5.32 Å². The molecule has 4 heteroatoms. The number of halogens is 1. The number of carbonyl (C=O) groups excluding carboxylic acids is 1. The molecule has 2 aromatic rings. The Bertz CT molecular complexity index is 579. The fourth-order valence-corrected chi connectivity index (χ4v) is 1.95. The van der Waals surface area contributed by atoms with Gasteiger partial charge >= 0.3 is 0 Å². The van der Waals surface area contributed by atoms with E-state index in [4.69, 9.17) is 0 Å². The summed E-state index contributed by atoms with van der Waals surface area (Å²) in [6, 6.07) is 14.0. The highest BCUT2D eigenvalue weighted by Crippen LogP contribution is 2.09. The van der Waals surface area contributed by atoms with Crippen LogP contribution in [0.5, 0.6) is 0 Å².